The molecule has 16 heavy (non-hydrogen) atoms. The molecule has 0 aliphatic carbocycles. The molecule has 2 heteroatoms. The Morgan fingerprint density at radius 2 is 1.94 bits per heavy atom. The number of hydrogen-bond acceptors (Lipinski definition) is 2. The van der Waals surface area contributed by atoms with Gasteiger partial charge in [0.25, 0.3) is 0 Å². The molecular weight excluding hydrogens is 196 g/mol. The van der Waals surface area contributed by atoms with E-state index in [1.54, 1.807) is 0 Å². The Kier molecular flexibility index (Phi) is 2.82. The molecule has 0 fully saturated rings. The standard InChI is InChI=1S/C14H18N2/c1-4-5-11-8-12-7-9(2)6-10(3)13(12)16-14(11)15/h6-8H,4-5H2,1-3H3,(H2,15,16). The number of aryl methyl sites for hydroxylation is 3. The Morgan fingerprint density at radius 3 is 2.62 bits per heavy atom. The van der Waals surface area contributed by atoms with Crippen LogP contribution >= 0.6 is 0 Å². The number of nitrogens with zero attached hydrogens (tertiary/aromatic N) is 1. The summed E-state index contributed by atoms with van der Waals surface area (Å²) in [4.78, 5) is 4.51. The maximum absolute atomic E-state index is 5.97. The zero-order chi connectivity index (χ0) is 11.7. The summed E-state index contributed by atoms with van der Waals surface area (Å²) in [5, 5.41) is 1.20. The van der Waals surface area contributed by atoms with E-state index in [0.717, 1.165) is 18.4 Å². The number of benzene rings is 1. The van der Waals surface area contributed by atoms with Crippen molar-refractivity contribution >= 4 is 16.7 Å². The van der Waals surface area contributed by atoms with Crippen molar-refractivity contribution in [2.45, 2.75) is 33.6 Å². The SMILES string of the molecule is CCCc1cc2cc(C)cc(C)c2nc1N. The van der Waals surface area contributed by atoms with Gasteiger partial charge in [0.05, 0.1) is 5.52 Å². The quantitative estimate of drug-likeness (QED) is 0.832. The number of nitrogens with two attached hydrogens (primary N) is 1. The predicted octanol–water partition coefficient (Wildman–Crippen LogP) is 3.39. The molecule has 84 valence electrons. The molecule has 0 aliphatic rings. The first kappa shape index (κ1) is 10.9. The van der Waals surface area contributed by atoms with E-state index in [4.69, 9.17) is 5.73 Å². The Hall–Kier alpha value is -1.57. The minimum atomic E-state index is 0.682. The summed E-state index contributed by atoms with van der Waals surface area (Å²) in [6.45, 7) is 6.36. The average molecular weight is 214 g/mol. The first-order chi connectivity index (χ1) is 7.61. The number of anilines is 1. The second kappa shape index (κ2) is 4.12. The molecule has 2 aromatic rings. The highest BCUT2D eigenvalue weighted by molar-refractivity contribution is 5.85. The number of rotatable bonds is 2. The van der Waals surface area contributed by atoms with E-state index in [1.165, 1.54) is 22.1 Å². The van der Waals surface area contributed by atoms with E-state index < -0.39 is 0 Å². The molecule has 0 radical (unpaired) electrons. The molecule has 2 rings (SSSR count). The smallest absolute Gasteiger partial charge is 0.127 e. The third-order valence-electron chi connectivity index (χ3n) is 2.88. The second-order valence-corrected chi connectivity index (χ2v) is 4.44. The Bertz CT molecular complexity index is 530. The fourth-order valence-electron chi connectivity index (χ4n) is 2.18. The van der Waals surface area contributed by atoms with Crippen molar-refractivity contribution in [1.82, 2.24) is 4.98 Å². The number of hydrogen-bond donors (Lipinski definition) is 1. The van der Waals surface area contributed by atoms with Gasteiger partial charge < -0.3 is 5.73 Å². The Morgan fingerprint density at radius 1 is 1.19 bits per heavy atom. The lowest BCUT2D eigenvalue weighted by atomic mass is 10.0. The molecule has 0 aliphatic heterocycles. The van der Waals surface area contributed by atoms with Crippen LogP contribution in [0.4, 0.5) is 5.82 Å². The second-order valence-electron chi connectivity index (χ2n) is 4.44. The van der Waals surface area contributed by atoms with Gasteiger partial charge in [0.2, 0.25) is 0 Å². The van der Waals surface area contributed by atoms with Gasteiger partial charge in [-0.1, -0.05) is 25.0 Å². The highest BCUT2D eigenvalue weighted by Gasteiger charge is 2.05. The average Bonchev–Trinajstić information content (AvgIpc) is 2.21. The molecule has 2 nitrogen and oxygen atoms in total. The van der Waals surface area contributed by atoms with Crippen LogP contribution in [-0.4, -0.2) is 4.98 Å². The van der Waals surface area contributed by atoms with E-state index in [0.29, 0.717) is 5.82 Å². The topological polar surface area (TPSA) is 38.9 Å². The molecule has 0 atom stereocenters. The van der Waals surface area contributed by atoms with Crippen LogP contribution in [0.2, 0.25) is 0 Å². The first-order valence-corrected chi connectivity index (χ1v) is 5.78. The van der Waals surface area contributed by atoms with Crippen molar-refractivity contribution in [2.75, 3.05) is 5.73 Å². The lowest BCUT2D eigenvalue weighted by Crippen LogP contribution is -1.99. The van der Waals surface area contributed by atoms with E-state index in [-0.39, 0.29) is 0 Å². The summed E-state index contributed by atoms with van der Waals surface area (Å²) in [6.07, 6.45) is 2.10. The lowest BCUT2D eigenvalue weighted by molar-refractivity contribution is 0.921. The third kappa shape index (κ3) is 1.87. The molecule has 1 heterocycles. The van der Waals surface area contributed by atoms with Gasteiger partial charge in [0.15, 0.2) is 0 Å². The Balaban J connectivity index is 2.69. The molecule has 0 saturated heterocycles. The number of aromatic nitrogens is 1. The van der Waals surface area contributed by atoms with Crippen LogP contribution in [0.1, 0.15) is 30.0 Å². The maximum atomic E-state index is 5.97. The predicted molar refractivity (Wildman–Crippen MR) is 69.6 cm³/mol. The zero-order valence-electron chi connectivity index (χ0n) is 10.2. The van der Waals surface area contributed by atoms with Crippen molar-refractivity contribution in [3.8, 4) is 0 Å². The van der Waals surface area contributed by atoms with Crippen LogP contribution in [0.25, 0.3) is 10.9 Å². The maximum Gasteiger partial charge on any atom is 0.127 e. The summed E-state index contributed by atoms with van der Waals surface area (Å²) in [5.74, 6) is 0.682. The fourth-order valence-corrected chi connectivity index (χ4v) is 2.18. The molecule has 0 bridgehead atoms. The largest absolute Gasteiger partial charge is 0.383 e. The summed E-state index contributed by atoms with van der Waals surface area (Å²) >= 11 is 0. The van der Waals surface area contributed by atoms with Gasteiger partial charge in [-0.15, -0.1) is 0 Å². The van der Waals surface area contributed by atoms with E-state index in [2.05, 4.69) is 44.0 Å². The van der Waals surface area contributed by atoms with Gasteiger partial charge in [-0.25, -0.2) is 4.98 Å². The molecule has 1 aromatic heterocycles. The van der Waals surface area contributed by atoms with Crippen molar-refractivity contribution < 1.29 is 0 Å². The highest BCUT2D eigenvalue weighted by atomic mass is 14.8. The Labute approximate surface area is 96.5 Å². The highest BCUT2D eigenvalue weighted by Crippen LogP contribution is 2.23. The monoisotopic (exact) mass is 214 g/mol. The minimum absolute atomic E-state index is 0.682. The van der Waals surface area contributed by atoms with Gasteiger partial charge in [-0.05, 0) is 43.5 Å². The molecule has 0 unspecified atom stereocenters. The first-order valence-electron chi connectivity index (χ1n) is 5.78. The van der Waals surface area contributed by atoms with Gasteiger partial charge in [-0.3, -0.25) is 0 Å². The van der Waals surface area contributed by atoms with Gasteiger partial charge in [-0.2, -0.15) is 0 Å². The van der Waals surface area contributed by atoms with E-state index >= 15 is 0 Å². The molecule has 0 saturated carbocycles. The summed E-state index contributed by atoms with van der Waals surface area (Å²) in [5.41, 5.74) is 10.6. The van der Waals surface area contributed by atoms with Crippen molar-refractivity contribution in [3.63, 3.8) is 0 Å². The van der Waals surface area contributed by atoms with Crippen LogP contribution in [0.15, 0.2) is 18.2 Å². The summed E-state index contributed by atoms with van der Waals surface area (Å²) in [6, 6.07) is 6.50. The van der Waals surface area contributed by atoms with Crippen LogP contribution in [0.5, 0.6) is 0 Å². The van der Waals surface area contributed by atoms with Crippen molar-refractivity contribution in [1.29, 1.82) is 0 Å². The van der Waals surface area contributed by atoms with Crippen LogP contribution < -0.4 is 5.73 Å². The van der Waals surface area contributed by atoms with Gasteiger partial charge >= 0.3 is 0 Å². The fraction of sp³-hybridized carbons (Fsp3) is 0.357. The van der Waals surface area contributed by atoms with Crippen LogP contribution in [0, 0.1) is 13.8 Å². The molecule has 0 spiro atoms. The molecule has 0 amide bonds. The van der Waals surface area contributed by atoms with Gasteiger partial charge in [0, 0.05) is 5.39 Å². The molecular formula is C14H18N2. The zero-order valence-corrected chi connectivity index (χ0v) is 10.2. The van der Waals surface area contributed by atoms with E-state index in [1.807, 2.05) is 0 Å². The molecule has 2 N–H and O–H groups in total. The number of nitrogen functional groups attached to an aromatic ring is 1. The molecule has 1 aromatic carbocycles. The third-order valence-corrected chi connectivity index (χ3v) is 2.88. The van der Waals surface area contributed by atoms with Crippen LogP contribution in [-0.2, 0) is 6.42 Å². The summed E-state index contributed by atoms with van der Waals surface area (Å²) in [7, 11) is 0. The summed E-state index contributed by atoms with van der Waals surface area (Å²) < 4.78 is 0. The normalized spacial score (nSPS) is 10.9. The van der Waals surface area contributed by atoms with Crippen molar-refractivity contribution in [2.24, 2.45) is 0 Å². The van der Waals surface area contributed by atoms with Gasteiger partial charge in [0.1, 0.15) is 5.82 Å². The number of pyridine rings is 1. The number of fused-ring (bicyclic) bond motifs is 1. The van der Waals surface area contributed by atoms with Crippen molar-refractivity contribution in [3.05, 3.63) is 34.9 Å². The lowest BCUT2D eigenvalue weighted by Gasteiger charge is -2.08. The van der Waals surface area contributed by atoms with E-state index in [9.17, 15) is 0 Å². The minimum Gasteiger partial charge on any atom is -0.383 e. The van der Waals surface area contributed by atoms with Crippen LogP contribution in [0.3, 0.4) is 0 Å².